The van der Waals surface area contributed by atoms with Gasteiger partial charge < -0.3 is 9.47 Å². The van der Waals surface area contributed by atoms with Crippen molar-refractivity contribution < 1.29 is 0 Å². The van der Waals surface area contributed by atoms with Gasteiger partial charge in [0.2, 0.25) is 0 Å². The maximum atomic E-state index is 2.42. The van der Waals surface area contributed by atoms with Gasteiger partial charge in [-0.2, -0.15) is 0 Å². The van der Waals surface area contributed by atoms with Crippen molar-refractivity contribution in [1.82, 2.24) is 4.57 Å². The van der Waals surface area contributed by atoms with Crippen molar-refractivity contribution in [3.05, 3.63) is 231 Å². The summed E-state index contributed by atoms with van der Waals surface area (Å²) >= 11 is 0. The third kappa shape index (κ3) is 5.74. The Morgan fingerprint density at radius 2 is 0.776 bits per heavy atom. The van der Waals surface area contributed by atoms with Crippen LogP contribution >= 0.6 is 0 Å². The fourth-order valence-corrected chi connectivity index (χ4v) is 8.88. The molecule has 0 amide bonds. The number of hydrogen-bond acceptors (Lipinski definition) is 1. The zero-order valence-corrected chi connectivity index (χ0v) is 31.8. The molecule has 1 heterocycles. The maximum Gasteiger partial charge on any atom is 0.0561 e. The number of anilines is 3. The standard InChI is InChI=1S/C56H38N2/c1-3-15-39(16-4-1)40-29-31-44(32-30-40)57(46-34-36-53-52-25-11-12-28-55(52)58(56(53)38-46)43-21-5-2-6-22-43)45-33-35-51(49-26-13-19-41-17-7-9-23-47(41)49)54(37-45)50-27-14-20-42-18-8-10-24-48(42)50/h1-38H. The number of fused-ring (bicyclic) bond motifs is 5. The molecule has 0 atom stereocenters. The van der Waals surface area contributed by atoms with Gasteiger partial charge in [-0.1, -0.05) is 176 Å². The van der Waals surface area contributed by atoms with Gasteiger partial charge in [0.05, 0.1) is 11.0 Å². The number of aromatic nitrogens is 1. The number of rotatable bonds is 7. The molecule has 0 spiro atoms. The highest BCUT2D eigenvalue weighted by atomic mass is 15.1. The maximum absolute atomic E-state index is 2.42. The molecule has 0 radical (unpaired) electrons. The van der Waals surface area contributed by atoms with Gasteiger partial charge >= 0.3 is 0 Å². The highest BCUT2D eigenvalue weighted by molar-refractivity contribution is 6.11. The minimum absolute atomic E-state index is 1.08. The first kappa shape index (κ1) is 33.6. The molecular weight excluding hydrogens is 701 g/mol. The largest absolute Gasteiger partial charge is 0.310 e. The number of hydrogen-bond donors (Lipinski definition) is 0. The first-order chi connectivity index (χ1) is 28.8. The first-order valence-corrected chi connectivity index (χ1v) is 19.9. The van der Waals surface area contributed by atoms with Gasteiger partial charge in [-0.3, -0.25) is 0 Å². The lowest BCUT2D eigenvalue weighted by Gasteiger charge is -2.27. The molecule has 2 heteroatoms. The molecule has 2 nitrogen and oxygen atoms in total. The molecule has 0 saturated carbocycles. The van der Waals surface area contributed by atoms with Crippen molar-refractivity contribution in [3.8, 4) is 39.1 Å². The smallest absolute Gasteiger partial charge is 0.0561 e. The van der Waals surface area contributed by atoms with Crippen molar-refractivity contribution in [2.75, 3.05) is 4.90 Å². The van der Waals surface area contributed by atoms with Gasteiger partial charge in [-0.15, -0.1) is 0 Å². The van der Waals surface area contributed by atoms with Crippen LogP contribution in [0.5, 0.6) is 0 Å². The quantitative estimate of drug-likeness (QED) is 0.158. The predicted molar refractivity (Wildman–Crippen MR) is 247 cm³/mol. The number of nitrogens with zero attached hydrogens (tertiary/aromatic N) is 2. The van der Waals surface area contributed by atoms with Gasteiger partial charge in [0.1, 0.15) is 0 Å². The SMILES string of the molecule is c1ccc(-c2ccc(N(c3ccc(-c4cccc5ccccc45)c(-c4cccc5ccccc45)c3)c3ccc4c5ccccc5n(-c5ccccc5)c4c3)cc2)cc1. The average molecular weight is 739 g/mol. The fourth-order valence-electron chi connectivity index (χ4n) is 8.88. The second kappa shape index (κ2) is 14.1. The van der Waals surface area contributed by atoms with Crippen molar-refractivity contribution in [2.24, 2.45) is 0 Å². The molecule has 0 unspecified atom stereocenters. The molecule has 272 valence electrons. The van der Waals surface area contributed by atoms with E-state index in [1.165, 1.54) is 71.2 Å². The van der Waals surface area contributed by atoms with Gasteiger partial charge in [0.25, 0.3) is 0 Å². The van der Waals surface area contributed by atoms with Crippen LogP contribution in [0, 0.1) is 0 Å². The van der Waals surface area contributed by atoms with E-state index in [0.29, 0.717) is 0 Å². The van der Waals surface area contributed by atoms with Crippen LogP contribution in [0.3, 0.4) is 0 Å². The molecule has 0 fully saturated rings. The van der Waals surface area contributed by atoms with Crippen LogP contribution in [0.4, 0.5) is 17.1 Å². The Morgan fingerprint density at radius 1 is 0.276 bits per heavy atom. The predicted octanol–water partition coefficient (Wildman–Crippen LogP) is 15.6. The van der Waals surface area contributed by atoms with Gasteiger partial charge in [0.15, 0.2) is 0 Å². The van der Waals surface area contributed by atoms with Crippen LogP contribution in [0.1, 0.15) is 0 Å². The third-order valence-electron chi connectivity index (χ3n) is 11.6. The van der Waals surface area contributed by atoms with E-state index in [-0.39, 0.29) is 0 Å². The summed E-state index contributed by atoms with van der Waals surface area (Å²) in [6, 6.07) is 83.8. The van der Waals surface area contributed by atoms with Crippen molar-refractivity contribution in [3.63, 3.8) is 0 Å². The molecular formula is C56H38N2. The fraction of sp³-hybridized carbons (Fsp3) is 0. The Balaban J connectivity index is 1.18. The van der Waals surface area contributed by atoms with Gasteiger partial charge in [-0.25, -0.2) is 0 Å². The highest BCUT2D eigenvalue weighted by Crippen LogP contribution is 2.45. The Kier molecular flexibility index (Phi) is 8.19. The molecule has 0 bridgehead atoms. The lowest BCUT2D eigenvalue weighted by Crippen LogP contribution is -2.10. The lowest BCUT2D eigenvalue weighted by molar-refractivity contribution is 1.18. The summed E-state index contributed by atoms with van der Waals surface area (Å²) in [7, 11) is 0. The van der Waals surface area contributed by atoms with Crippen LogP contribution in [0.2, 0.25) is 0 Å². The van der Waals surface area contributed by atoms with E-state index in [9.17, 15) is 0 Å². The summed E-state index contributed by atoms with van der Waals surface area (Å²) < 4.78 is 2.40. The van der Waals surface area contributed by atoms with E-state index in [1.54, 1.807) is 0 Å². The van der Waals surface area contributed by atoms with Crippen molar-refractivity contribution >= 4 is 60.4 Å². The summed E-state index contributed by atoms with van der Waals surface area (Å²) in [4.78, 5) is 2.42. The summed E-state index contributed by atoms with van der Waals surface area (Å²) in [5, 5.41) is 7.40. The molecule has 11 rings (SSSR count). The Morgan fingerprint density at radius 3 is 1.48 bits per heavy atom. The summed E-state index contributed by atoms with van der Waals surface area (Å²) in [5.41, 5.74) is 14.0. The molecule has 0 aliphatic heterocycles. The second-order valence-corrected chi connectivity index (χ2v) is 14.9. The molecule has 11 aromatic rings. The molecule has 0 N–H and O–H groups in total. The van der Waals surface area contributed by atoms with Crippen LogP contribution < -0.4 is 4.90 Å². The van der Waals surface area contributed by atoms with E-state index >= 15 is 0 Å². The van der Waals surface area contributed by atoms with Crippen molar-refractivity contribution in [1.29, 1.82) is 0 Å². The third-order valence-corrected chi connectivity index (χ3v) is 11.6. The van der Waals surface area contributed by atoms with E-state index in [0.717, 1.165) is 28.3 Å². The molecule has 10 aromatic carbocycles. The molecule has 0 aliphatic rings. The van der Waals surface area contributed by atoms with Crippen LogP contribution in [0.15, 0.2) is 231 Å². The zero-order chi connectivity index (χ0) is 38.4. The average Bonchev–Trinajstić information content (AvgIpc) is 3.63. The molecule has 0 saturated heterocycles. The molecule has 1 aromatic heterocycles. The number of benzene rings is 10. The van der Waals surface area contributed by atoms with E-state index in [2.05, 4.69) is 240 Å². The van der Waals surface area contributed by atoms with Crippen LogP contribution in [0.25, 0.3) is 82.4 Å². The van der Waals surface area contributed by atoms with Crippen molar-refractivity contribution in [2.45, 2.75) is 0 Å². The van der Waals surface area contributed by atoms with E-state index in [4.69, 9.17) is 0 Å². The van der Waals surface area contributed by atoms with E-state index < -0.39 is 0 Å². The Labute approximate surface area is 338 Å². The van der Waals surface area contributed by atoms with E-state index in [1.807, 2.05) is 0 Å². The monoisotopic (exact) mass is 738 g/mol. The Hall–Kier alpha value is -7.68. The molecule has 0 aliphatic carbocycles. The summed E-state index contributed by atoms with van der Waals surface area (Å²) in [6.07, 6.45) is 0. The van der Waals surface area contributed by atoms with Gasteiger partial charge in [0, 0.05) is 33.5 Å². The Bertz CT molecular complexity index is 3260. The van der Waals surface area contributed by atoms with Gasteiger partial charge in [-0.05, 0) is 110 Å². The lowest BCUT2D eigenvalue weighted by atomic mass is 9.88. The van der Waals surface area contributed by atoms with Crippen LogP contribution in [-0.4, -0.2) is 4.57 Å². The first-order valence-electron chi connectivity index (χ1n) is 19.9. The summed E-state index contributed by atoms with van der Waals surface area (Å²) in [5.74, 6) is 0. The highest BCUT2D eigenvalue weighted by Gasteiger charge is 2.21. The normalized spacial score (nSPS) is 11.4. The topological polar surface area (TPSA) is 8.17 Å². The minimum atomic E-state index is 1.08. The zero-order valence-electron chi connectivity index (χ0n) is 31.8. The summed E-state index contributed by atoms with van der Waals surface area (Å²) in [6.45, 7) is 0. The second-order valence-electron chi connectivity index (χ2n) is 14.9. The molecule has 58 heavy (non-hydrogen) atoms. The minimum Gasteiger partial charge on any atom is -0.310 e. The van der Waals surface area contributed by atoms with Crippen LogP contribution in [-0.2, 0) is 0 Å². The number of para-hydroxylation sites is 2.